The first-order valence-electron chi connectivity index (χ1n) is 9.85. The van der Waals surface area contributed by atoms with E-state index < -0.39 is 18.0 Å². The van der Waals surface area contributed by atoms with E-state index in [0.717, 1.165) is 22.6 Å². The molecule has 2 atom stereocenters. The fourth-order valence-corrected chi connectivity index (χ4v) is 3.24. The fourth-order valence-electron chi connectivity index (χ4n) is 3.24. The number of esters is 1. The van der Waals surface area contributed by atoms with Crippen LogP contribution in [0.25, 0.3) is 0 Å². The lowest BCUT2D eigenvalue weighted by molar-refractivity contribution is -0.158. The third-order valence-electron chi connectivity index (χ3n) is 5.09. The summed E-state index contributed by atoms with van der Waals surface area (Å²) in [4.78, 5) is 38.7. The number of aryl methyl sites for hydroxylation is 1. The smallest absolute Gasteiger partial charge is 0.312 e. The molecule has 0 aromatic heterocycles. The van der Waals surface area contributed by atoms with Crippen LogP contribution in [0.4, 0.5) is 5.69 Å². The SMILES string of the molecule is COc1ccc(CNC(=O)[C@@H](C)OC(=O)[C@H]2CC(=O)N(c3ccc(C)cc3)C2)cc1. The highest BCUT2D eigenvalue weighted by molar-refractivity contribution is 5.99. The maximum Gasteiger partial charge on any atom is 0.312 e. The number of carbonyl (C=O) groups excluding carboxylic acids is 3. The van der Waals surface area contributed by atoms with E-state index in [-0.39, 0.29) is 24.8 Å². The van der Waals surface area contributed by atoms with Crippen LogP contribution in [-0.2, 0) is 25.7 Å². The van der Waals surface area contributed by atoms with Gasteiger partial charge in [0.05, 0.1) is 13.0 Å². The van der Waals surface area contributed by atoms with Gasteiger partial charge >= 0.3 is 5.97 Å². The molecule has 1 aliphatic rings. The Hall–Kier alpha value is -3.35. The van der Waals surface area contributed by atoms with Gasteiger partial charge in [-0.3, -0.25) is 14.4 Å². The number of benzene rings is 2. The van der Waals surface area contributed by atoms with Crippen molar-refractivity contribution in [3.63, 3.8) is 0 Å². The Morgan fingerprint density at radius 3 is 2.43 bits per heavy atom. The van der Waals surface area contributed by atoms with E-state index in [4.69, 9.17) is 9.47 Å². The van der Waals surface area contributed by atoms with Gasteiger partial charge in [-0.25, -0.2) is 0 Å². The number of carbonyl (C=O) groups is 3. The van der Waals surface area contributed by atoms with Crippen molar-refractivity contribution in [3.8, 4) is 5.75 Å². The lowest BCUT2D eigenvalue weighted by Gasteiger charge is -2.18. The molecular formula is C23H26N2O5. The summed E-state index contributed by atoms with van der Waals surface area (Å²) in [6, 6.07) is 14.9. The van der Waals surface area contributed by atoms with Crippen LogP contribution < -0.4 is 15.0 Å². The van der Waals surface area contributed by atoms with E-state index in [1.54, 1.807) is 12.0 Å². The number of hydrogen-bond donors (Lipinski definition) is 1. The van der Waals surface area contributed by atoms with Crippen molar-refractivity contribution >= 4 is 23.5 Å². The molecule has 1 heterocycles. The molecule has 3 rings (SSSR count). The summed E-state index contributed by atoms with van der Waals surface area (Å²) in [5.74, 6) is -0.907. The summed E-state index contributed by atoms with van der Waals surface area (Å²) >= 11 is 0. The summed E-state index contributed by atoms with van der Waals surface area (Å²) < 4.78 is 10.4. The minimum absolute atomic E-state index is 0.0763. The van der Waals surface area contributed by atoms with Crippen LogP contribution in [0.5, 0.6) is 5.75 Å². The van der Waals surface area contributed by atoms with E-state index in [1.165, 1.54) is 6.92 Å². The highest BCUT2D eigenvalue weighted by Crippen LogP contribution is 2.26. The first-order chi connectivity index (χ1) is 14.4. The van der Waals surface area contributed by atoms with Crippen LogP contribution in [0.1, 0.15) is 24.5 Å². The van der Waals surface area contributed by atoms with Crippen molar-refractivity contribution in [2.75, 3.05) is 18.6 Å². The molecule has 0 bridgehead atoms. The molecule has 1 N–H and O–H groups in total. The molecule has 1 fully saturated rings. The third-order valence-corrected chi connectivity index (χ3v) is 5.09. The lowest BCUT2D eigenvalue weighted by atomic mass is 10.1. The number of rotatable bonds is 7. The van der Waals surface area contributed by atoms with Crippen molar-refractivity contribution in [2.24, 2.45) is 5.92 Å². The molecule has 30 heavy (non-hydrogen) atoms. The van der Waals surface area contributed by atoms with Gasteiger partial charge in [-0.1, -0.05) is 29.8 Å². The second-order valence-corrected chi connectivity index (χ2v) is 7.39. The summed E-state index contributed by atoms with van der Waals surface area (Å²) in [5.41, 5.74) is 2.75. The molecule has 0 unspecified atom stereocenters. The molecule has 0 radical (unpaired) electrons. The van der Waals surface area contributed by atoms with Crippen LogP contribution in [-0.4, -0.2) is 37.5 Å². The molecule has 2 aromatic carbocycles. The van der Waals surface area contributed by atoms with Gasteiger partial charge in [-0.2, -0.15) is 0 Å². The van der Waals surface area contributed by atoms with Crippen molar-refractivity contribution in [2.45, 2.75) is 32.9 Å². The number of ether oxygens (including phenoxy) is 2. The standard InChI is InChI=1S/C23H26N2O5/c1-15-4-8-19(9-5-15)25-14-18(12-21(25)26)23(28)30-16(2)22(27)24-13-17-6-10-20(29-3)11-7-17/h4-11,16,18H,12-14H2,1-3H3,(H,24,27)/t16-,18+/m1/s1. The molecule has 158 valence electrons. The highest BCUT2D eigenvalue weighted by Gasteiger charge is 2.37. The van der Waals surface area contributed by atoms with Gasteiger partial charge in [0.1, 0.15) is 5.75 Å². The molecular weight excluding hydrogens is 384 g/mol. The van der Waals surface area contributed by atoms with Crippen molar-refractivity contribution in [1.82, 2.24) is 5.32 Å². The molecule has 1 saturated heterocycles. The topological polar surface area (TPSA) is 84.9 Å². The Kier molecular flexibility index (Phi) is 6.72. The number of methoxy groups -OCH3 is 1. The zero-order chi connectivity index (χ0) is 21.7. The van der Waals surface area contributed by atoms with Gasteiger partial charge in [0.15, 0.2) is 6.10 Å². The van der Waals surface area contributed by atoms with Gasteiger partial charge in [0.2, 0.25) is 5.91 Å². The quantitative estimate of drug-likeness (QED) is 0.710. The summed E-state index contributed by atoms with van der Waals surface area (Å²) in [5, 5.41) is 2.75. The summed E-state index contributed by atoms with van der Waals surface area (Å²) in [6.07, 6.45) is -0.869. The van der Waals surface area contributed by atoms with E-state index >= 15 is 0 Å². The van der Waals surface area contributed by atoms with Gasteiger partial charge < -0.3 is 19.7 Å². The number of nitrogens with zero attached hydrogens (tertiary/aromatic N) is 1. The largest absolute Gasteiger partial charge is 0.497 e. The number of hydrogen-bond acceptors (Lipinski definition) is 5. The van der Waals surface area contributed by atoms with Gasteiger partial charge in [0, 0.05) is 25.2 Å². The third kappa shape index (κ3) is 5.17. The molecule has 7 nitrogen and oxygen atoms in total. The number of anilines is 1. The van der Waals surface area contributed by atoms with E-state index in [0.29, 0.717) is 6.54 Å². The van der Waals surface area contributed by atoms with Gasteiger partial charge in [-0.05, 0) is 43.7 Å². The predicted octanol–water partition coefficient (Wildman–Crippen LogP) is 2.60. The maximum absolute atomic E-state index is 12.5. The Labute approximate surface area is 176 Å². The van der Waals surface area contributed by atoms with Crippen molar-refractivity contribution < 1.29 is 23.9 Å². The van der Waals surface area contributed by atoms with E-state index in [1.807, 2.05) is 55.5 Å². The number of nitrogens with one attached hydrogen (secondary N) is 1. The van der Waals surface area contributed by atoms with Crippen LogP contribution in [0.2, 0.25) is 0 Å². The minimum Gasteiger partial charge on any atom is -0.497 e. The van der Waals surface area contributed by atoms with Crippen molar-refractivity contribution in [3.05, 3.63) is 59.7 Å². The minimum atomic E-state index is -0.945. The first-order valence-corrected chi connectivity index (χ1v) is 9.85. The molecule has 0 saturated carbocycles. The Morgan fingerprint density at radius 1 is 1.13 bits per heavy atom. The predicted molar refractivity (Wildman–Crippen MR) is 112 cm³/mol. The average Bonchev–Trinajstić information content (AvgIpc) is 3.14. The highest BCUT2D eigenvalue weighted by atomic mass is 16.5. The van der Waals surface area contributed by atoms with Crippen LogP contribution in [0.3, 0.4) is 0 Å². The average molecular weight is 410 g/mol. The van der Waals surface area contributed by atoms with Crippen LogP contribution >= 0.6 is 0 Å². The lowest BCUT2D eigenvalue weighted by Crippen LogP contribution is -2.37. The zero-order valence-electron chi connectivity index (χ0n) is 17.4. The Morgan fingerprint density at radius 2 is 1.80 bits per heavy atom. The molecule has 0 spiro atoms. The van der Waals surface area contributed by atoms with Gasteiger partial charge in [-0.15, -0.1) is 0 Å². The van der Waals surface area contributed by atoms with Crippen LogP contribution in [0.15, 0.2) is 48.5 Å². The Bertz CT molecular complexity index is 908. The first kappa shape index (κ1) is 21.4. The second kappa shape index (κ2) is 9.43. The van der Waals surface area contributed by atoms with E-state index in [9.17, 15) is 14.4 Å². The summed E-state index contributed by atoms with van der Waals surface area (Å²) in [6.45, 7) is 4.06. The molecule has 7 heteroatoms. The normalized spacial score (nSPS) is 16.8. The van der Waals surface area contributed by atoms with Crippen LogP contribution in [0, 0.1) is 12.8 Å². The second-order valence-electron chi connectivity index (χ2n) is 7.39. The van der Waals surface area contributed by atoms with E-state index in [2.05, 4.69) is 5.32 Å². The molecule has 2 amide bonds. The zero-order valence-corrected chi connectivity index (χ0v) is 17.4. The molecule has 1 aliphatic heterocycles. The molecule has 0 aliphatic carbocycles. The van der Waals surface area contributed by atoms with Crippen molar-refractivity contribution in [1.29, 1.82) is 0 Å². The Balaban J connectivity index is 1.50. The maximum atomic E-state index is 12.5. The monoisotopic (exact) mass is 410 g/mol. The number of amides is 2. The molecule has 2 aromatic rings. The van der Waals surface area contributed by atoms with Gasteiger partial charge in [0.25, 0.3) is 5.91 Å². The fraction of sp³-hybridized carbons (Fsp3) is 0.348. The summed E-state index contributed by atoms with van der Waals surface area (Å²) in [7, 11) is 1.59.